The molecule has 198 valence electrons. The summed E-state index contributed by atoms with van der Waals surface area (Å²) in [6.45, 7) is 17.0. The van der Waals surface area contributed by atoms with E-state index in [1.54, 1.807) is 13.8 Å². The fourth-order valence-corrected chi connectivity index (χ4v) is 10.3. The minimum absolute atomic E-state index is 0.0666. The molecule has 0 aromatic rings. The summed E-state index contributed by atoms with van der Waals surface area (Å²) in [7, 11) is 0. The second kappa shape index (κ2) is 7.65. The number of Topliss-reactive ketones (excluding diaryl/α,β-unsaturated/α-hetero) is 1. The summed E-state index contributed by atoms with van der Waals surface area (Å²) in [6.07, 6.45) is 3.95. The first-order chi connectivity index (χ1) is 16.0. The molecule has 0 aromatic heterocycles. The smallest absolute Gasteiger partial charge is 0.138 e. The first-order valence-corrected chi connectivity index (χ1v) is 14.0. The highest BCUT2D eigenvalue weighted by molar-refractivity contribution is 5.85. The third-order valence-electron chi connectivity index (χ3n) is 12.2. The Bertz CT molecular complexity index is 945. The van der Waals surface area contributed by atoms with Gasteiger partial charge in [-0.2, -0.15) is 0 Å². The summed E-state index contributed by atoms with van der Waals surface area (Å²) in [5, 5.41) is 33.1. The van der Waals surface area contributed by atoms with Gasteiger partial charge in [0.1, 0.15) is 11.9 Å². The molecule has 4 aliphatic carbocycles. The number of rotatable bonds is 2. The standard InChI is InChI=1S/C30H48O5/c1-16-13-19(25(33)27(4,5)34)35-20-15-30(8)17(23(16)20)14-18(31)24-28(6)11-10-22(32)26(2,3)21(28)9-12-29(24,30)7/h16,18-21,24-25,31,33-34H,9-15H2,1-8H3/t16-,18+,19?,20?,21?,24?,25-,28+,29+,30+/m1/s1. The molecule has 0 aromatic carbocycles. The van der Waals surface area contributed by atoms with Crippen LogP contribution in [0.4, 0.5) is 0 Å². The fourth-order valence-electron chi connectivity index (χ4n) is 10.3. The van der Waals surface area contributed by atoms with Crippen LogP contribution in [0.15, 0.2) is 11.1 Å². The van der Waals surface area contributed by atoms with Gasteiger partial charge in [-0.3, -0.25) is 4.79 Å². The molecule has 3 saturated carbocycles. The van der Waals surface area contributed by atoms with Gasteiger partial charge in [0.05, 0.1) is 23.9 Å². The van der Waals surface area contributed by atoms with Crippen molar-refractivity contribution in [3.63, 3.8) is 0 Å². The van der Waals surface area contributed by atoms with Crippen molar-refractivity contribution in [2.75, 3.05) is 0 Å². The lowest BCUT2D eigenvalue weighted by atomic mass is 9.36. The van der Waals surface area contributed by atoms with Gasteiger partial charge in [0.25, 0.3) is 0 Å². The molecule has 5 aliphatic rings. The molecule has 0 radical (unpaired) electrons. The highest BCUT2D eigenvalue weighted by atomic mass is 16.5. The molecule has 1 aliphatic heterocycles. The van der Waals surface area contributed by atoms with E-state index < -0.39 is 23.9 Å². The normalized spacial score (nSPS) is 50.2. The Balaban J connectivity index is 1.53. The van der Waals surface area contributed by atoms with E-state index in [0.29, 0.717) is 31.0 Å². The first kappa shape index (κ1) is 25.9. The number of fused-ring (bicyclic) bond motifs is 6. The van der Waals surface area contributed by atoms with Crippen molar-refractivity contribution in [2.45, 2.75) is 130 Å². The SMILES string of the molecule is C[C@@H]1CC([C@@H](O)C(C)(C)O)OC2C[C@@]3(C)C(=C21)C[C@H](O)C1[C@@]2(C)CCC(=O)C(C)(C)C2CC[C@@]13C. The highest BCUT2D eigenvalue weighted by Crippen LogP contribution is 2.74. The number of ketones is 1. The van der Waals surface area contributed by atoms with Crippen molar-refractivity contribution in [3.05, 3.63) is 11.1 Å². The summed E-state index contributed by atoms with van der Waals surface area (Å²) in [5.41, 5.74) is 0.954. The van der Waals surface area contributed by atoms with Crippen LogP contribution < -0.4 is 0 Å². The van der Waals surface area contributed by atoms with Gasteiger partial charge >= 0.3 is 0 Å². The number of aliphatic hydroxyl groups excluding tert-OH is 2. The zero-order valence-electron chi connectivity index (χ0n) is 23.1. The van der Waals surface area contributed by atoms with Crippen LogP contribution in [0.25, 0.3) is 0 Å². The van der Waals surface area contributed by atoms with Gasteiger partial charge in [0.15, 0.2) is 0 Å². The summed E-state index contributed by atoms with van der Waals surface area (Å²) in [4.78, 5) is 12.9. The molecule has 5 rings (SSSR count). The molecule has 4 fully saturated rings. The van der Waals surface area contributed by atoms with Crippen LogP contribution in [0, 0.1) is 39.4 Å². The molecule has 0 bridgehead atoms. The van der Waals surface area contributed by atoms with Crippen molar-refractivity contribution in [3.8, 4) is 0 Å². The van der Waals surface area contributed by atoms with Gasteiger partial charge in [-0.15, -0.1) is 0 Å². The Kier molecular flexibility index (Phi) is 5.65. The third kappa shape index (κ3) is 3.30. The van der Waals surface area contributed by atoms with Crippen LogP contribution in [0.1, 0.15) is 100 Å². The lowest BCUT2D eigenvalue weighted by Crippen LogP contribution is -2.65. The lowest BCUT2D eigenvalue weighted by Gasteiger charge is -2.68. The van der Waals surface area contributed by atoms with Gasteiger partial charge in [-0.25, -0.2) is 0 Å². The van der Waals surface area contributed by atoms with Gasteiger partial charge in [0.2, 0.25) is 0 Å². The van der Waals surface area contributed by atoms with E-state index in [1.165, 1.54) is 11.1 Å². The fraction of sp³-hybridized carbons (Fsp3) is 0.900. The minimum atomic E-state index is -1.21. The van der Waals surface area contributed by atoms with E-state index in [-0.39, 0.29) is 39.6 Å². The molecule has 5 heteroatoms. The van der Waals surface area contributed by atoms with Crippen LogP contribution in [0.2, 0.25) is 0 Å². The minimum Gasteiger partial charge on any atom is -0.392 e. The predicted molar refractivity (Wildman–Crippen MR) is 136 cm³/mol. The molecular weight excluding hydrogens is 440 g/mol. The van der Waals surface area contributed by atoms with Gasteiger partial charge in [0, 0.05) is 11.8 Å². The van der Waals surface area contributed by atoms with Crippen LogP contribution in [0.5, 0.6) is 0 Å². The first-order valence-electron chi connectivity index (χ1n) is 14.0. The van der Waals surface area contributed by atoms with E-state index in [2.05, 4.69) is 41.5 Å². The van der Waals surface area contributed by atoms with Gasteiger partial charge in [-0.1, -0.05) is 47.1 Å². The molecule has 0 amide bonds. The average molecular weight is 489 g/mol. The van der Waals surface area contributed by atoms with E-state index >= 15 is 0 Å². The number of hydrogen-bond donors (Lipinski definition) is 3. The Hall–Kier alpha value is -0.750. The summed E-state index contributed by atoms with van der Waals surface area (Å²) >= 11 is 0. The molecule has 1 saturated heterocycles. The predicted octanol–water partition coefficient (Wildman–Crippen LogP) is 4.81. The maximum atomic E-state index is 12.9. The summed E-state index contributed by atoms with van der Waals surface area (Å²) in [5.74, 6) is 1.07. The maximum Gasteiger partial charge on any atom is 0.138 e. The van der Waals surface area contributed by atoms with Crippen LogP contribution in [-0.4, -0.2) is 51.1 Å². The van der Waals surface area contributed by atoms with E-state index in [4.69, 9.17) is 4.74 Å². The third-order valence-corrected chi connectivity index (χ3v) is 12.2. The molecule has 10 atom stereocenters. The van der Waals surface area contributed by atoms with E-state index in [9.17, 15) is 20.1 Å². The van der Waals surface area contributed by atoms with Crippen LogP contribution in [-0.2, 0) is 9.53 Å². The van der Waals surface area contributed by atoms with Gasteiger partial charge in [-0.05, 0) is 91.9 Å². The highest BCUT2D eigenvalue weighted by Gasteiger charge is 2.70. The Morgan fingerprint density at radius 3 is 2.40 bits per heavy atom. The average Bonchev–Trinajstić information content (AvgIpc) is 3.03. The van der Waals surface area contributed by atoms with Gasteiger partial charge < -0.3 is 20.1 Å². The molecule has 3 N–H and O–H groups in total. The van der Waals surface area contributed by atoms with Crippen LogP contribution in [0.3, 0.4) is 0 Å². The van der Waals surface area contributed by atoms with E-state index in [0.717, 1.165) is 25.7 Å². The van der Waals surface area contributed by atoms with Crippen molar-refractivity contribution < 1.29 is 24.9 Å². The van der Waals surface area contributed by atoms with Crippen molar-refractivity contribution in [1.29, 1.82) is 0 Å². The van der Waals surface area contributed by atoms with Crippen molar-refractivity contribution in [2.24, 2.45) is 39.4 Å². The Labute approximate surface area is 211 Å². The van der Waals surface area contributed by atoms with Crippen molar-refractivity contribution in [1.82, 2.24) is 0 Å². The number of carbonyl (C=O) groups excluding carboxylic acids is 1. The number of carbonyl (C=O) groups is 1. The lowest BCUT2D eigenvalue weighted by molar-refractivity contribution is -0.212. The second-order valence-corrected chi connectivity index (χ2v) is 14.8. The summed E-state index contributed by atoms with van der Waals surface area (Å²) < 4.78 is 6.57. The Morgan fingerprint density at radius 1 is 1.11 bits per heavy atom. The monoisotopic (exact) mass is 488 g/mol. The molecule has 1 heterocycles. The molecule has 0 spiro atoms. The largest absolute Gasteiger partial charge is 0.392 e. The zero-order chi connectivity index (χ0) is 25.9. The topological polar surface area (TPSA) is 87.0 Å². The van der Waals surface area contributed by atoms with Crippen molar-refractivity contribution >= 4 is 5.78 Å². The molecule has 35 heavy (non-hydrogen) atoms. The number of hydrogen-bond acceptors (Lipinski definition) is 5. The Morgan fingerprint density at radius 2 is 1.77 bits per heavy atom. The second-order valence-electron chi connectivity index (χ2n) is 14.8. The molecule has 5 nitrogen and oxygen atoms in total. The number of aliphatic hydroxyl groups is 3. The maximum absolute atomic E-state index is 12.9. The number of ether oxygens (including phenoxy) is 1. The molecule has 4 unspecified atom stereocenters. The quantitative estimate of drug-likeness (QED) is 0.486. The van der Waals surface area contributed by atoms with E-state index in [1.807, 2.05) is 0 Å². The zero-order valence-corrected chi connectivity index (χ0v) is 23.1. The van der Waals surface area contributed by atoms with Crippen LogP contribution >= 0.6 is 0 Å². The molecular formula is C30H48O5. The summed E-state index contributed by atoms with van der Waals surface area (Å²) in [6, 6.07) is 0.